The normalized spacial score (nSPS) is 12.1. The van der Waals surface area contributed by atoms with Crippen molar-refractivity contribution in [2.45, 2.75) is 17.4 Å². The van der Waals surface area contributed by atoms with E-state index in [0.29, 0.717) is 6.42 Å². The minimum Gasteiger partial charge on any atom is -0.388 e. The molecule has 0 fully saturated rings. The molecule has 0 radical (unpaired) electrons. The highest BCUT2D eigenvalue weighted by Crippen LogP contribution is 2.22. The zero-order valence-electron chi connectivity index (χ0n) is 11.0. The first-order valence-corrected chi connectivity index (χ1v) is 7.38. The van der Waals surface area contributed by atoms with Gasteiger partial charge in [-0.15, -0.1) is 11.8 Å². The summed E-state index contributed by atoms with van der Waals surface area (Å²) in [5.74, 6) is 0. The fraction of sp³-hybridized carbons (Fsp3) is 0.200. The van der Waals surface area contributed by atoms with E-state index < -0.39 is 11.0 Å². The van der Waals surface area contributed by atoms with E-state index in [1.54, 1.807) is 23.9 Å². The van der Waals surface area contributed by atoms with Gasteiger partial charge >= 0.3 is 0 Å². The van der Waals surface area contributed by atoms with E-state index in [4.69, 9.17) is 0 Å². The molecule has 0 aliphatic heterocycles. The molecule has 0 bridgehead atoms. The molecule has 5 heteroatoms. The van der Waals surface area contributed by atoms with Crippen LogP contribution in [0.1, 0.15) is 17.2 Å². The van der Waals surface area contributed by atoms with Crippen LogP contribution in [0.15, 0.2) is 53.4 Å². The fourth-order valence-electron chi connectivity index (χ4n) is 1.92. The molecule has 0 heterocycles. The second-order valence-electron chi connectivity index (χ2n) is 4.42. The fourth-order valence-corrected chi connectivity index (χ4v) is 2.33. The lowest BCUT2D eigenvalue weighted by atomic mass is 10.0. The summed E-state index contributed by atoms with van der Waals surface area (Å²) in [6.07, 6.45) is 1.84. The molecule has 0 saturated carbocycles. The molecule has 0 saturated heterocycles. The second kappa shape index (κ2) is 6.54. The van der Waals surface area contributed by atoms with E-state index in [0.717, 1.165) is 16.0 Å². The van der Waals surface area contributed by atoms with Gasteiger partial charge in [0.25, 0.3) is 5.69 Å². The van der Waals surface area contributed by atoms with Gasteiger partial charge in [0.15, 0.2) is 0 Å². The third-order valence-corrected chi connectivity index (χ3v) is 3.82. The van der Waals surface area contributed by atoms with Gasteiger partial charge in [-0.25, -0.2) is 0 Å². The Labute approximate surface area is 121 Å². The number of nitro benzene ring substituents is 1. The molecule has 2 rings (SSSR count). The van der Waals surface area contributed by atoms with Gasteiger partial charge in [0.1, 0.15) is 0 Å². The summed E-state index contributed by atoms with van der Waals surface area (Å²) >= 11 is 1.65. The average Bonchev–Trinajstić information content (AvgIpc) is 2.48. The largest absolute Gasteiger partial charge is 0.388 e. The van der Waals surface area contributed by atoms with E-state index in [9.17, 15) is 15.2 Å². The Morgan fingerprint density at radius 2 is 1.75 bits per heavy atom. The SMILES string of the molecule is CSc1ccc(C(O)Cc2ccc([N+](=O)[O-])cc2)cc1. The lowest BCUT2D eigenvalue weighted by Crippen LogP contribution is -2.01. The maximum absolute atomic E-state index is 10.6. The second-order valence-corrected chi connectivity index (χ2v) is 5.30. The third kappa shape index (κ3) is 3.59. The molecule has 1 atom stereocenters. The Kier molecular flexibility index (Phi) is 4.76. The Bertz CT molecular complexity index is 581. The summed E-state index contributed by atoms with van der Waals surface area (Å²) in [6.45, 7) is 0. The molecular weight excluding hydrogens is 274 g/mol. The van der Waals surface area contributed by atoms with Gasteiger partial charge in [0.2, 0.25) is 0 Å². The number of non-ortho nitro benzene ring substituents is 1. The quantitative estimate of drug-likeness (QED) is 0.519. The van der Waals surface area contributed by atoms with Crippen LogP contribution in [0.2, 0.25) is 0 Å². The van der Waals surface area contributed by atoms with E-state index in [1.165, 1.54) is 12.1 Å². The van der Waals surface area contributed by atoms with Crippen LogP contribution < -0.4 is 0 Å². The highest BCUT2D eigenvalue weighted by Gasteiger charge is 2.10. The highest BCUT2D eigenvalue weighted by molar-refractivity contribution is 7.98. The molecular formula is C15H15NO3S. The zero-order chi connectivity index (χ0) is 14.5. The minimum absolute atomic E-state index is 0.0626. The summed E-state index contributed by atoms with van der Waals surface area (Å²) in [5.41, 5.74) is 1.78. The van der Waals surface area contributed by atoms with Gasteiger partial charge in [-0.05, 0) is 29.5 Å². The first-order valence-electron chi connectivity index (χ1n) is 6.15. The number of nitrogens with zero attached hydrogens (tertiary/aromatic N) is 1. The Hall–Kier alpha value is -1.85. The molecule has 1 unspecified atom stereocenters. The van der Waals surface area contributed by atoms with Crippen molar-refractivity contribution < 1.29 is 10.0 Å². The Morgan fingerprint density at radius 3 is 2.25 bits per heavy atom. The van der Waals surface area contributed by atoms with Crippen LogP contribution in [0.5, 0.6) is 0 Å². The molecule has 0 amide bonds. The van der Waals surface area contributed by atoms with Gasteiger partial charge < -0.3 is 5.11 Å². The van der Waals surface area contributed by atoms with Crippen molar-refractivity contribution in [1.82, 2.24) is 0 Å². The Balaban J connectivity index is 2.06. The van der Waals surface area contributed by atoms with Crippen LogP contribution in [0, 0.1) is 10.1 Å². The maximum Gasteiger partial charge on any atom is 0.269 e. The summed E-state index contributed by atoms with van der Waals surface area (Å²) in [7, 11) is 0. The summed E-state index contributed by atoms with van der Waals surface area (Å²) in [5, 5.41) is 20.7. The number of thioether (sulfide) groups is 1. The van der Waals surface area contributed by atoms with Crippen molar-refractivity contribution in [3.05, 3.63) is 69.8 Å². The number of aliphatic hydroxyl groups is 1. The van der Waals surface area contributed by atoms with Crippen molar-refractivity contribution >= 4 is 17.4 Å². The summed E-state index contributed by atoms with van der Waals surface area (Å²) < 4.78 is 0. The molecule has 20 heavy (non-hydrogen) atoms. The number of hydrogen-bond donors (Lipinski definition) is 1. The van der Waals surface area contributed by atoms with Crippen LogP contribution in [-0.4, -0.2) is 16.3 Å². The standard InChI is InChI=1S/C15H15NO3S/c1-20-14-8-4-12(5-9-14)15(17)10-11-2-6-13(7-3-11)16(18)19/h2-9,15,17H,10H2,1H3. The number of aliphatic hydroxyl groups excluding tert-OH is 1. The lowest BCUT2D eigenvalue weighted by molar-refractivity contribution is -0.384. The van der Waals surface area contributed by atoms with Gasteiger partial charge in [-0.3, -0.25) is 10.1 Å². The minimum atomic E-state index is -0.604. The predicted molar refractivity (Wildman–Crippen MR) is 80.0 cm³/mol. The summed E-state index contributed by atoms with van der Waals surface area (Å²) in [4.78, 5) is 11.3. The van der Waals surface area contributed by atoms with Gasteiger partial charge in [0, 0.05) is 23.4 Å². The molecule has 0 aliphatic rings. The Morgan fingerprint density at radius 1 is 1.15 bits per heavy atom. The third-order valence-electron chi connectivity index (χ3n) is 3.08. The smallest absolute Gasteiger partial charge is 0.269 e. The van der Waals surface area contributed by atoms with E-state index in [2.05, 4.69) is 0 Å². The van der Waals surface area contributed by atoms with E-state index >= 15 is 0 Å². The predicted octanol–water partition coefficient (Wildman–Crippen LogP) is 3.59. The maximum atomic E-state index is 10.6. The molecule has 2 aromatic carbocycles. The average molecular weight is 289 g/mol. The van der Waals surface area contributed by atoms with Crippen LogP contribution in [0.25, 0.3) is 0 Å². The molecule has 0 aliphatic carbocycles. The molecule has 0 spiro atoms. The highest BCUT2D eigenvalue weighted by atomic mass is 32.2. The molecule has 2 aromatic rings. The van der Waals surface area contributed by atoms with Gasteiger partial charge in [0.05, 0.1) is 11.0 Å². The first kappa shape index (κ1) is 14.6. The van der Waals surface area contributed by atoms with Crippen LogP contribution in [0.3, 0.4) is 0 Å². The number of rotatable bonds is 5. The van der Waals surface area contributed by atoms with Crippen molar-refractivity contribution in [3.63, 3.8) is 0 Å². The van der Waals surface area contributed by atoms with Gasteiger partial charge in [-0.1, -0.05) is 24.3 Å². The molecule has 104 valence electrons. The number of hydrogen-bond acceptors (Lipinski definition) is 4. The molecule has 1 N–H and O–H groups in total. The van der Waals surface area contributed by atoms with Crippen molar-refractivity contribution in [1.29, 1.82) is 0 Å². The zero-order valence-corrected chi connectivity index (χ0v) is 11.8. The van der Waals surface area contributed by atoms with Crippen molar-refractivity contribution in [2.24, 2.45) is 0 Å². The van der Waals surface area contributed by atoms with Gasteiger partial charge in [-0.2, -0.15) is 0 Å². The van der Waals surface area contributed by atoms with E-state index in [1.807, 2.05) is 30.5 Å². The summed E-state index contributed by atoms with van der Waals surface area (Å²) in [6, 6.07) is 14.0. The first-order chi connectivity index (χ1) is 9.60. The van der Waals surface area contributed by atoms with Crippen LogP contribution in [0.4, 0.5) is 5.69 Å². The van der Waals surface area contributed by atoms with Crippen molar-refractivity contribution in [2.75, 3.05) is 6.26 Å². The monoisotopic (exact) mass is 289 g/mol. The van der Waals surface area contributed by atoms with E-state index in [-0.39, 0.29) is 5.69 Å². The number of nitro groups is 1. The molecule has 4 nitrogen and oxygen atoms in total. The van der Waals surface area contributed by atoms with Crippen LogP contribution >= 0.6 is 11.8 Å². The topological polar surface area (TPSA) is 63.4 Å². The van der Waals surface area contributed by atoms with Crippen molar-refractivity contribution in [3.8, 4) is 0 Å². The van der Waals surface area contributed by atoms with Crippen LogP contribution in [-0.2, 0) is 6.42 Å². The number of benzene rings is 2. The molecule has 0 aromatic heterocycles. The lowest BCUT2D eigenvalue weighted by Gasteiger charge is -2.11.